The number of imidazole rings is 1. The van der Waals surface area contributed by atoms with Crippen molar-refractivity contribution in [3.63, 3.8) is 0 Å². The average Bonchev–Trinajstić information content (AvgIpc) is 3.55. The molecule has 0 spiro atoms. The van der Waals surface area contributed by atoms with Crippen LogP contribution in [0.5, 0.6) is 0 Å². The largest absolute Gasteiger partial charge is 0.389 e. The number of aromatic nitrogens is 3. The number of benzene rings is 2. The number of amides is 1. The summed E-state index contributed by atoms with van der Waals surface area (Å²) in [6.07, 6.45) is 6.05. The van der Waals surface area contributed by atoms with E-state index >= 15 is 0 Å². The zero-order chi connectivity index (χ0) is 24.0. The van der Waals surface area contributed by atoms with E-state index in [1.165, 1.54) is 5.56 Å². The van der Waals surface area contributed by atoms with Gasteiger partial charge in [0.2, 0.25) is 5.91 Å². The van der Waals surface area contributed by atoms with Gasteiger partial charge in [-0.15, -0.1) is 0 Å². The fourth-order valence-electron chi connectivity index (χ4n) is 4.47. The summed E-state index contributed by atoms with van der Waals surface area (Å²) in [6, 6.07) is 13.8. The summed E-state index contributed by atoms with van der Waals surface area (Å²) in [5.41, 5.74) is 11.9. The quantitative estimate of drug-likeness (QED) is 0.380. The molecule has 1 aliphatic carbocycles. The molecule has 1 fully saturated rings. The molecule has 174 valence electrons. The predicted molar refractivity (Wildman–Crippen MR) is 134 cm³/mol. The second-order valence-electron chi connectivity index (χ2n) is 9.68. The zero-order valence-electron chi connectivity index (χ0n) is 19.7. The number of fused-ring (bicyclic) bond motifs is 1. The average molecular weight is 456 g/mol. The molecule has 5 rings (SSSR count). The number of hydrogen-bond donors (Lipinski definition) is 3. The normalized spacial score (nSPS) is 13.9. The van der Waals surface area contributed by atoms with E-state index < -0.39 is 11.5 Å². The predicted octanol–water partition coefficient (Wildman–Crippen LogP) is 4.53. The minimum Gasteiger partial charge on any atom is -0.389 e. The number of nitrogens with two attached hydrogens (primary N) is 1. The lowest BCUT2D eigenvalue weighted by Crippen LogP contribution is -2.29. The molecule has 2 aromatic carbocycles. The number of rotatable bonds is 7. The Labute approximate surface area is 198 Å². The Morgan fingerprint density at radius 3 is 2.59 bits per heavy atom. The topological polar surface area (TPSA) is 106 Å². The van der Waals surface area contributed by atoms with Gasteiger partial charge in [0.25, 0.3) is 0 Å². The van der Waals surface area contributed by atoms with Crippen molar-refractivity contribution >= 4 is 17.4 Å². The fourth-order valence-corrected chi connectivity index (χ4v) is 4.47. The van der Waals surface area contributed by atoms with Crippen LogP contribution in [0.15, 0.2) is 54.9 Å². The van der Waals surface area contributed by atoms with Gasteiger partial charge in [-0.3, -0.25) is 9.20 Å². The van der Waals surface area contributed by atoms with E-state index in [9.17, 15) is 9.90 Å². The van der Waals surface area contributed by atoms with Crippen LogP contribution in [0.4, 0.5) is 5.82 Å². The van der Waals surface area contributed by atoms with Crippen LogP contribution in [-0.2, 0) is 0 Å². The van der Waals surface area contributed by atoms with Crippen LogP contribution in [0.1, 0.15) is 54.1 Å². The number of hydrogen-bond acceptors (Lipinski definition) is 5. The maximum absolute atomic E-state index is 12.0. The van der Waals surface area contributed by atoms with Gasteiger partial charge in [-0.2, -0.15) is 0 Å². The molecule has 1 aliphatic rings. The Hall–Kier alpha value is -3.71. The SMILES string of the molecule is Cc1c(C(N)=O)ccc(-c2cnc3c(NCC(C)(C)O)nc(-c4ccccc4)cn23)c1C1CC1. The highest BCUT2D eigenvalue weighted by molar-refractivity contribution is 5.96. The summed E-state index contributed by atoms with van der Waals surface area (Å²) < 4.78 is 2.05. The molecular weight excluding hydrogens is 426 g/mol. The molecule has 0 radical (unpaired) electrons. The van der Waals surface area contributed by atoms with Crippen molar-refractivity contribution in [2.75, 3.05) is 11.9 Å². The van der Waals surface area contributed by atoms with Crippen LogP contribution in [0.3, 0.4) is 0 Å². The van der Waals surface area contributed by atoms with E-state index in [2.05, 4.69) is 5.32 Å². The molecule has 4 N–H and O–H groups in total. The van der Waals surface area contributed by atoms with E-state index in [4.69, 9.17) is 15.7 Å². The molecule has 0 saturated heterocycles. The number of carbonyl (C=O) groups excluding carboxylic acids is 1. The van der Waals surface area contributed by atoms with E-state index in [1.807, 2.05) is 66.2 Å². The Morgan fingerprint density at radius 2 is 1.94 bits per heavy atom. The molecule has 1 saturated carbocycles. The van der Waals surface area contributed by atoms with E-state index in [1.54, 1.807) is 13.8 Å². The molecule has 7 heteroatoms. The van der Waals surface area contributed by atoms with Gasteiger partial charge in [-0.05, 0) is 56.7 Å². The van der Waals surface area contributed by atoms with Crippen molar-refractivity contribution in [2.45, 2.75) is 45.1 Å². The molecule has 4 aromatic rings. The van der Waals surface area contributed by atoms with Crippen molar-refractivity contribution < 1.29 is 9.90 Å². The monoisotopic (exact) mass is 455 g/mol. The van der Waals surface area contributed by atoms with E-state index in [-0.39, 0.29) is 0 Å². The third kappa shape index (κ3) is 4.15. The summed E-state index contributed by atoms with van der Waals surface area (Å²) in [7, 11) is 0. The number of carbonyl (C=O) groups is 1. The zero-order valence-corrected chi connectivity index (χ0v) is 19.7. The maximum Gasteiger partial charge on any atom is 0.248 e. The lowest BCUT2D eigenvalue weighted by molar-refractivity contribution is 0.0943. The van der Waals surface area contributed by atoms with Crippen molar-refractivity contribution in [3.8, 4) is 22.5 Å². The molecule has 34 heavy (non-hydrogen) atoms. The second kappa shape index (κ2) is 8.25. The van der Waals surface area contributed by atoms with E-state index in [0.29, 0.717) is 29.5 Å². The van der Waals surface area contributed by atoms with Crippen LogP contribution in [0.2, 0.25) is 0 Å². The minimum absolute atomic E-state index is 0.329. The lowest BCUT2D eigenvalue weighted by atomic mass is 9.92. The first-order chi connectivity index (χ1) is 16.2. The maximum atomic E-state index is 12.0. The number of nitrogens with zero attached hydrogens (tertiary/aromatic N) is 3. The Kier molecular flexibility index (Phi) is 5.37. The van der Waals surface area contributed by atoms with Gasteiger partial charge in [0.15, 0.2) is 11.5 Å². The molecule has 1 amide bonds. The highest BCUT2D eigenvalue weighted by Crippen LogP contribution is 2.47. The smallest absolute Gasteiger partial charge is 0.248 e. The van der Waals surface area contributed by atoms with Crippen molar-refractivity contribution in [1.82, 2.24) is 14.4 Å². The van der Waals surface area contributed by atoms with Gasteiger partial charge in [0, 0.05) is 29.4 Å². The number of primary amides is 1. The molecule has 0 unspecified atom stereocenters. The summed E-state index contributed by atoms with van der Waals surface area (Å²) in [5, 5.41) is 13.6. The first-order valence-corrected chi connectivity index (χ1v) is 11.6. The molecule has 2 heterocycles. The lowest BCUT2D eigenvalue weighted by Gasteiger charge is -2.19. The fraction of sp³-hybridized carbons (Fsp3) is 0.296. The molecule has 0 atom stereocenters. The third-order valence-corrected chi connectivity index (χ3v) is 6.29. The van der Waals surface area contributed by atoms with Crippen molar-refractivity contribution in [1.29, 1.82) is 0 Å². The summed E-state index contributed by atoms with van der Waals surface area (Å²) in [5.74, 6) is 0.619. The van der Waals surface area contributed by atoms with Gasteiger partial charge in [0.05, 0.1) is 23.2 Å². The highest BCUT2D eigenvalue weighted by atomic mass is 16.3. The Bertz CT molecular complexity index is 1380. The highest BCUT2D eigenvalue weighted by Gasteiger charge is 2.31. The molecular formula is C27H29N5O2. The first kappa shape index (κ1) is 22.1. The Balaban J connectivity index is 1.72. The van der Waals surface area contributed by atoms with Gasteiger partial charge in [-0.1, -0.05) is 36.4 Å². The summed E-state index contributed by atoms with van der Waals surface area (Å²) in [6.45, 7) is 5.81. The molecule has 7 nitrogen and oxygen atoms in total. The van der Waals surface area contributed by atoms with Gasteiger partial charge >= 0.3 is 0 Å². The first-order valence-electron chi connectivity index (χ1n) is 11.6. The summed E-state index contributed by atoms with van der Waals surface area (Å²) >= 11 is 0. The van der Waals surface area contributed by atoms with Gasteiger partial charge < -0.3 is 16.2 Å². The van der Waals surface area contributed by atoms with E-state index in [0.717, 1.165) is 40.9 Å². The number of anilines is 1. The number of nitrogens with one attached hydrogen (secondary N) is 1. The van der Waals surface area contributed by atoms with Crippen molar-refractivity contribution in [3.05, 3.63) is 71.5 Å². The van der Waals surface area contributed by atoms with Gasteiger partial charge in [-0.25, -0.2) is 9.97 Å². The minimum atomic E-state index is -0.905. The molecule has 2 aromatic heterocycles. The number of aliphatic hydroxyl groups is 1. The van der Waals surface area contributed by atoms with Gasteiger partial charge in [0.1, 0.15) is 0 Å². The van der Waals surface area contributed by atoms with Crippen LogP contribution < -0.4 is 11.1 Å². The van der Waals surface area contributed by atoms with Crippen LogP contribution in [0, 0.1) is 6.92 Å². The standard InChI is InChI=1S/C27H29N5O2/c1-16-19(24(28)33)11-12-20(23(16)18-9-10-18)22-13-29-26-25(30-15-27(2,3)34)31-21(14-32(22)26)17-7-5-4-6-8-17/h4-8,11-14,18,34H,9-10,15H2,1-3H3,(H2,28,33)(H,30,31). The van der Waals surface area contributed by atoms with Crippen LogP contribution in [0.25, 0.3) is 28.2 Å². The van der Waals surface area contributed by atoms with Crippen molar-refractivity contribution in [2.24, 2.45) is 5.73 Å². The molecule has 0 aliphatic heterocycles. The molecule has 0 bridgehead atoms. The van der Waals surface area contributed by atoms with Crippen LogP contribution >= 0.6 is 0 Å². The van der Waals surface area contributed by atoms with Crippen LogP contribution in [-0.4, -0.2) is 37.5 Å². The third-order valence-electron chi connectivity index (χ3n) is 6.29. The Morgan fingerprint density at radius 1 is 1.21 bits per heavy atom. The summed E-state index contributed by atoms with van der Waals surface area (Å²) in [4.78, 5) is 21.5. The second-order valence-corrected chi connectivity index (χ2v) is 9.68.